The Morgan fingerprint density at radius 1 is 1.59 bits per heavy atom. The molecular weight excluding hydrogens is 220 g/mol. The monoisotopic (exact) mass is 232 g/mol. The summed E-state index contributed by atoms with van der Waals surface area (Å²) in [7, 11) is 0. The average molecular weight is 232 g/mol. The molecule has 0 aliphatic carbocycles. The first-order chi connectivity index (χ1) is 8.33. The first-order valence-electron chi connectivity index (χ1n) is 5.52. The van der Waals surface area contributed by atoms with E-state index in [0.29, 0.717) is 24.6 Å². The zero-order chi connectivity index (χ0) is 11.7. The smallest absolute Gasteiger partial charge is 0.272 e. The van der Waals surface area contributed by atoms with Crippen molar-refractivity contribution in [2.45, 2.75) is 12.5 Å². The molecular formula is C11H12N4O2. The fraction of sp³-hybridized carbons (Fsp3) is 0.364. The number of rotatable bonds is 2. The molecule has 1 amide bonds. The van der Waals surface area contributed by atoms with Gasteiger partial charge in [0.2, 0.25) is 0 Å². The first kappa shape index (κ1) is 10.2. The van der Waals surface area contributed by atoms with E-state index >= 15 is 0 Å². The summed E-state index contributed by atoms with van der Waals surface area (Å²) < 4.78 is 6.78. The Balaban J connectivity index is 1.80. The summed E-state index contributed by atoms with van der Waals surface area (Å²) in [6, 6.07) is 3.54. The fourth-order valence-electron chi connectivity index (χ4n) is 1.85. The van der Waals surface area contributed by atoms with E-state index in [0.717, 1.165) is 6.42 Å². The Kier molecular flexibility index (Phi) is 2.49. The summed E-state index contributed by atoms with van der Waals surface area (Å²) in [5.74, 6) is -0.175. The van der Waals surface area contributed by atoms with Crippen LogP contribution in [0.2, 0.25) is 0 Å². The summed E-state index contributed by atoms with van der Waals surface area (Å²) in [4.78, 5) is 16.0. The van der Waals surface area contributed by atoms with Crippen molar-refractivity contribution in [3.63, 3.8) is 0 Å². The van der Waals surface area contributed by atoms with Crippen molar-refractivity contribution in [2.75, 3.05) is 13.2 Å². The maximum absolute atomic E-state index is 11.9. The molecule has 1 atom stereocenters. The number of carbonyl (C=O) groups excluding carboxylic acids is 1. The third kappa shape index (κ3) is 1.99. The predicted molar refractivity (Wildman–Crippen MR) is 59.7 cm³/mol. The van der Waals surface area contributed by atoms with Crippen molar-refractivity contribution in [3.05, 3.63) is 30.2 Å². The number of aromatic nitrogens is 3. The minimum absolute atomic E-state index is 0.0975. The molecule has 1 aliphatic rings. The number of fused-ring (bicyclic) bond motifs is 1. The van der Waals surface area contributed by atoms with Crippen LogP contribution >= 0.6 is 0 Å². The molecule has 3 heterocycles. The Labute approximate surface area is 97.6 Å². The lowest BCUT2D eigenvalue weighted by molar-refractivity contribution is 0.0924. The molecule has 0 unspecified atom stereocenters. The topological polar surface area (TPSA) is 68.5 Å². The molecule has 1 N–H and O–H groups in total. The van der Waals surface area contributed by atoms with Crippen molar-refractivity contribution in [3.8, 4) is 0 Å². The predicted octanol–water partition coefficient (Wildman–Crippen LogP) is 0.248. The highest BCUT2D eigenvalue weighted by atomic mass is 16.5. The van der Waals surface area contributed by atoms with Gasteiger partial charge in [-0.1, -0.05) is 0 Å². The van der Waals surface area contributed by atoms with Gasteiger partial charge in [0, 0.05) is 25.1 Å². The van der Waals surface area contributed by atoms with Gasteiger partial charge in [-0.25, -0.2) is 9.50 Å². The van der Waals surface area contributed by atoms with E-state index in [4.69, 9.17) is 4.74 Å². The molecule has 6 heteroatoms. The van der Waals surface area contributed by atoms with Gasteiger partial charge in [-0.15, -0.1) is 0 Å². The summed E-state index contributed by atoms with van der Waals surface area (Å²) >= 11 is 0. The van der Waals surface area contributed by atoms with Crippen LogP contribution in [0.4, 0.5) is 0 Å². The Morgan fingerprint density at radius 3 is 3.29 bits per heavy atom. The Bertz CT molecular complexity index is 512. The van der Waals surface area contributed by atoms with E-state index < -0.39 is 0 Å². The molecule has 88 valence electrons. The van der Waals surface area contributed by atoms with Gasteiger partial charge in [0.25, 0.3) is 5.91 Å². The molecule has 6 nitrogen and oxygen atoms in total. The van der Waals surface area contributed by atoms with Crippen LogP contribution in [0.15, 0.2) is 24.5 Å². The second kappa shape index (κ2) is 4.14. The summed E-state index contributed by atoms with van der Waals surface area (Å²) in [5.41, 5.74) is 1.05. The van der Waals surface area contributed by atoms with Crippen LogP contribution in [0.5, 0.6) is 0 Å². The van der Waals surface area contributed by atoms with Crippen LogP contribution < -0.4 is 5.32 Å². The largest absolute Gasteiger partial charge is 0.379 e. The molecule has 1 aliphatic heterocycles. The highest BCUT2D eigenvalue weighted by Crippen LogP contribution is 2.06. The van der Waals surface area contributed by atoms with Gasteiger partial charge < -0.3 is 10.1 Å². The van der Waals surface area contributed by atoms with Gasteiger partial charge in [-0.2, -0.15) is 5.10 Å². The van der Waals surface area contributed by atoms with E-state index in [1.54, 1.807) is 29.0 Å². The van der Waals surface area contributed by atoms with Crippen LogP contribution in [-0.2, 0) is 4.74 Å². The molecule has 17 heavy (non-hydrogen) atoms. The van der Waals surface area contributed by atoms with Crippen LogP contribution in [-0.4, -0.2) is 39.8 Å². The number of nitrogens with zero attached hydrogens (tertiary/aromatic N) is 3. The second-order valence-electron chi connectivity index (χ2n) is 3.99. The summed E-state index contributed by atoms with van der Waals surface area (Å²) in [6.45, 7) is 1.29. The molecule has 0 bridgehead atoms. The highest BCUT2D eigenvalue weighted by Gasteiger charge is 2.20. The lowest BCUT2D eigenvalue weighted by Crippen LogP contribution is -2.35. The maximum atomic E-state index is 11.9. The van der Waals surface area contributed by atoms with E-state index in [1.807, 2.05) is 0 Å². The molecule has 1 fully saturated rings. The molecule has 2 aromatic rings. The number of amides is 1. The van der Waals surface area contributed by atoms with Gasteiger partial charge in [-0.3, -0.25) is 4.79 Å². The number of carbonyl (C=O) groups is 1. The minimum Gasteiger partial charge on any atom is -0.379 e. The van der Waals surface area contributed by atoms with Gasteiger partial charge in [0.05, 0.1) is 12.6 Å². The quantitative estimate of drug-likeness (QED) is 0.805. The molecule has 3 rings (SSSR count). The zero-order valence-electron chi connectivity index (χ0n) is 9.17. The highest BCUT2D eigenvalue weighted by molar-refractivity contribution is 5.93. The molecule has 0 aromatic carbocycles. The maximum Gasteiger partial charge on any atom is 0.272 e. The van der Waals surface area contributed by atoms with Gasteiger partial charge in [0.1, 0.15) is 0 Å². The van der Waals surface area contributed by atoms with Crippen molar-refractivity contribution in [1.29, 1.82) is 0 Å². The van der Waals surface area contributed by atoms with E-state index in [2.05, 4.69) is 15.4 Å². The molecule has 0 saturated carbocycles. The van der Waals surface area contributed by atoms with Crippen molar-refractivity contribution < 1.29 is 9.53 Å². The van der Waals surface area contributed by atoms with E-state index in [9.17, 15) is 4.79 Å². The standard InChI is InChI=1S/C11H12N4O2/c16-11(13-8-2-5-17-7-8)9-6-10-12-3-1-4-15(10)14-9/h1,3-4,6,8H,2,5,7H2,(H,13,16)/t8-/m1/s1. The van der Waals surface area contributed by atoms with Gasteiger partial charge in [-0.05, 0) is 12.5 Å². The van der Waals surface area contributed by atoms with Gasteiger partial charge >= 0.3 is 0 Å². The SMILES string of the molecule is O=C(N[C@@H]1CCOC1)c1cc2ncccn2n1. The van der Waals surface area contributed by atoms with Crippen LogP contribution in [0.1, 0.15) is 16.9 Å². The van der Waals surface area contributed by atoms with Crippen molar-refractivity contribution >= 4 is 11.6 Å². The number of hydrogen-bond donors (Lipinski definition) is 1. The lowest BCUT2D eigenvalue weighted by Gasteiger charge is -2.08. The fourth-order valence-corrected chi connectivity index (χ4v) is 1.85. The summed E-state index contributed by atoms with van der Waals surface area (Å²) in [6.07, 6.45) is 4.29. The second-order valence-corrected chi connectivity index (χ2v) is 3.99. The Hall–Kier alpha value is -1.95. The van der Waals surface area contributed by atoms with Crippen LogP contribution in [0.25, 0.3) is 5.65 Å². The third-order valence-corrected chi connectivity index (χ3v) is 2.73. The normalized spacial score (nSPS) is 19.6. The average Bonchev–Trinajstić information content (AvgIpc) is 2.96. The van der Waals surface area contributed by atoms with E-state index in [-0.39, 0.29) is 11.9 Å². The van der Waals surface area contributed by atoms with Gasteiger partial charge in [0.15, 0.2) is 11.3 Å². The molecule has 1 saturated heterocycles. The molecule has 0 spiro atoms. The van der Waals surface area contributed by atoms with Crippen molar-refractivity contribution in [2.24, 2.45) is 0 Å². The lowest BCUT2D eigenvalue weighted by atomic mass is 10.2. The number of hydrogen-bond acceptors (Lipinski definition) is 4. The number of nitrogens with one attached hydrogen (secondary N) is 1. The molecule has 2 aromatic heterocycles. The van der Waals surface area contributed by atoms with Crippen molar-refractivity contribution in [1.82, 2.24) is 19.9 Å². The summed E-state index contributed by atoms with van der Waals surface area (Å²) in [5, 5.41) is 7.04. The van der Waals surface area contributed by atoms with E-state index in [1.165, 1.54) is 0 Å². The molecule has 0 radical (unpaired) electrons. The Morgan fingerprint density at radius 2 is 2.53 bits per heavy atom. The zero-order valence-corrected chi connectivity index (χ0v) is 9.17. The van der Waals surface area contributed by atoms with Crippen LogP contribution in [0.3, 0.4) is 0 Å². The number of ether oxygens (including phenoxy) is 1. The minimum atomic E-state index is -0.175. The van der Waals surface area contributed by atoms with Crippen LogP contribution in [0, 0.1) is 0 Å². The first-order valence-corrected chi connectivity index (χ1v) is 5.52. The third-order valence-electron chi connectivity index (χ3n) is 2.73.